The Morgan fingerprint density at radius 2 is 1.57 bits per heavy atom. The zero-order chi connectivity index (χ0) is 20.5. The molecular formula is C23H16ClN3O2S. The molecular weight excluding hydrogens is 418 g/mol. The molecule has 0 radical (unpaired) electrons. The second-order valence-corrected chi connectivity index (χ2v) is 8.40. The Labute approximate surface area is 182 Å². The Kier molecular flexibility index (Phi) is 4.94. The Morgan fingerprint density at radius 1 is 0.933 bits per heavy atom. The average Bonchev–Trinajstić information content (AvgIpc) is 3.20. The van der Waals surface area contributed by atoms with Crippen LogP contribution >= 0.6 is 22.9 Å². The third-order valence-electron chi connectivity index (χ3n) is 4.91. The molecule has 1 aliphatic rings. The van der Waals surface area contributed by atoms with Crippen molar-refractivity contribution in [3.8, 4) is 11.5 Å². The lowest BCUT2D eigenvalue weighted by atomic mass is 9.87. The zero-order valence-electron chi connectivity index (χ0n) is 15.7. The molecule has 1 N–H and O–H groups in total. The first kappa shape index (κ1) is 18.8. The number of carbonyl (C=O) groups is 1. The minimum Gasteiger partial charge on any atom is -0.457 e. The number of carbonyl (C=O) groups excluding carboxylic acids is 1. The van der Waals surface area contributed by atoms with Gasteiger partial charge >= 0.3 is 0 Å². The number of halogens is 1. The molecule has 7 heteroatoms. The summed E-state index contributed by atoms with van der Waals surface area (Å²) >= 11 is 7.31. The van der Waals surface area contributed by atoms with E-state index in [9.17, 15) is 4.79 Å². The van der Waals surface area contributed by atoms with E-state index in [1.54, 1.807) is 0 Å². The molecule has 0 saturated carbocycles. The van der Waals surface area contributed by atoms with Crippen LogP contribution in [0.5, 0.6) is 11.5 Å². The third-order valence-corrected chi connectivity index (χ3v) is 6.00. The van der Waals surface area contributed by atoms with Crippen LogP contribution in [0.1, 0.15) is 27.6 Å². The van der Waals surface area contributed by atoms with Crippen LogP contribution in [0.25, 0.3) is 0 Å². The minimum absolute atomic E-state index is 0.160. The van der Waals surface area contributed by atoms with Crippen LogP contribution in [0.15, 0.2) is 72.8 Å². The molecule has 1 aliphatic heterocycles. The standard InChI is InChI=1S/C23H16ClN3O2S/c24-15-11-9-14(10-12-15)13-20-26-27-23(30-20)25-22(28)21-16-5-1-3-7-18(16)29-19-8-4-2-6-17(19)21/h1-12,21H,13H2,(H,25,27,28). The van der Waals surface area contributed by atoms with Gasteiger partial charge in [0.1, 0.15) is 16.5 Å². The molecule has 0 bridgehead atoms. The molecule has 2 heterocycles. The van der Waals surface area contributed by atoms with E-state index >= 15 is 0 Å². The molecule has 1 amide bonds. The number of nitrogens with zero attached hydrogens (tertiary/aromatic N) is 2. The number of hydrogen-bond acceptors (Lipinski definition) is 5. The molecule has 5 rings (SSSR count). The van der Waals surface area contributed by atoms with Crippen molar-refractivity contribution in [3.63, 3.8) is 0 Å². The van der Waals surface area contributed by atoms with Crippen molar-refractivity contribution in [2.24, 2.45) is 0 Å². The second-order valence-electron chi connectivity index (χ2n) is 6.90. The van der Waals surface area contributed by atoms with Gasteiger partial charge in [0.2, 0.25) is 11.0 Å². The van der Waals surface area contributed by atoms with E-state index in [0.717, 1.165) is 21.7 Å². The minimum atomic E-state index is -0.477. The normalized spacial score (nSPS) is 12.6. The molecule has 0 saturated heterocycles. The van der Waals surface area contributed by atoms with Gasteiger partial charge in [-0.05, 0) is 29.8 Å². The van der Waals surface area contributed by atoms with E-state index in [1.165, 1.54) is 11.3 Å². The summed E-state index contributed by atoms with van der Waals surface area (Å²) < 4.78 is 5.97. The number of hydrogen-bond donors (Lipinski definition) is 1. The molecule has 4 aromatic rings. The van der Waals surface area contributed by atoms with E-state index < -0.39 is 5.92 Å². The Hall–Kier alpha value is -3.22. The summed E-state index contributed by atoms with van der Waals surface area (Å²) in [4.78, 5) is 13.3. The van der Waals surface area contributed by atoms with Crippen LogP contribution in [0, 0.1) is 0 Å². The fraction of sp³-hybridized carbons (Fsp3) is 0.0870. The maximum atomic E-state index is 13.3. The highest BCUT2D eigenvalue weighted by molar-refractivity contribution is 7.15. The number of nitrogens with one attached hydrogen (secondary N) is 1. The number of amides is 1. The number of rotatable bonds is 4. The SMILES string of the molecule is O=C(Nc1nnc(Cc2ccc(Cl)cc2)s1)C1c2ccccc2Oc2ccccc21. The van der Waals surface area contributed by atoms with Gasteiger partial charge in [0.25, 0.3) is 0 Å². The van der Waals surface area contributed by atoms with Gasteiger partial charge in [-0.15, -0.1) is 10.2 Å². The molecule has 1 aromatic heterocycles. The molecule has 148 valence electrons. The van der Waals surface area contributed by atoms with Crippen LogP contribution in [0.2, 0.25) is 5.02 Å². The summed E-state index contributed by atoms with van der Waals surface area (Å²) in [6, 6.07) is 22.8. The first-order valence-corrected chi connectivity index (χ1v) is 10.6. The van der Waals surface area contributed by atoms with Crippen molar-refractivity contribution in [2.75, 3.05) is 5.32 Å². The smallest absolute Gasteiger partial charge is 0.238 e. The van der Waals surface area contributed by atoms with Gasteiger partial charge < -0.3 is 4.74 Å². The van der Waals surface area contributed by atoms with Crippen molar-refractivity contribution < 1.29 is 9.53 Å². The Balaban J connectivity index is 1.39. The van der Waals surface area contributed by atoms with Gasteiger partial charge in [-0.25, -0.2) is 0 Å². The largest absolute Gasteiger partial charge is 0.457 e. The van der Waals surface area contributed by atoms with Crippen molar-refractivity contribution in [1.29, 1.82) is 0 Å². The summed E-state index contributed by atoms with van der Waals surface area (Å²) in [5.74, 6) is 0.747. The topological polar surface area (TPSA) is 64.1 Å². The monoisotopic (exact) mass is 433 g/mol. The Bertz CT molecular complexity index is 1180. The van der Waals surface area contributed by atoms with E-state index in [2.05, 4.69) is 15.5 Å². The molecule has 5 nitrogen and oxygen atoms in total. The molecule has 0 atom stereocenters. The maximum absolute atomic E-state index is 13.3. The summed E-state index contributed by atoms with van der Waals surface area (Å²) in [6.45, 7) is 0. The predicted molar refractivity (Wildman–Crippen MR) is 118 cm³/mol. The maximum Gasteiger partial charge on any atom is 0.238 e. The van der Waals surface area contributed by atoms with Crippen molar-refractivity contribution >= 4 is 34.0 Å². The lowest BCUT2D eigenvalue weighted by molar-refractivity contribution is -0.116. The molecule has 3 aromatic carbocycles. The number of aromatic nitrogens is 2. The fourth-order valence-corrected chi connectivity index (χ4v) is 4.43. The number of para-hydroxylation sites is 2. The first-order valence-electron chi connectivity index (χ1n) is 9.41. The van der Waals surface area contributed by atoms with E-state index in [0.29, 0.717) is 28.1 Å². The molecule has 0 aliphatic carbocycles. The summed E-state index contributed by atoms with van der Waals surface area (Å²) in [7, 11) is 0. The van der Waals surface area contributed by atoms with Crippen LogP contribution in [0.3, 0.4) is 0 Å². The number of fused-ring (bicyclic) bond motifs is 2. The number of ether oxygens (including phenoxy) is 1. The highest BCUT2D eigenvalue weighted by atomic mass is 35.5. The number of anilines is 1. The quantitative estimate of drug-likeness (QED) is 0.451. The molecule has 0 fully saturated rings. The highest BCUT2D eigenvalue weighted by Crippen LogP contribution is 2.44. The lowest BCUT2D eigenvalue weighted by Gasteiger charge is -2.27. The van der Waals surface area contributed by atoms with Crippen LogP contribution in [0.4, 0.5) is 5.13 Å². The van der Waals surface area contributed by atoms with Gasteiger partial charge in [-0.2, -0.15) is 0 Å². The summed E-state index contributed by atoms with van der Waals surface area (Å²) in [5, 5.41) is 13.3. The van der Waals surface area contributed by atoms with E-state index in [4.69, 9.17) is 16.3 Å². The van der Waals surface area contributed by atoms with Gasteiger partial charge in [-0.3, -0.25) is 10.1 Å². The van der Waals surface area contributed by atoms with Crippen LogP contribution in [-0.4, -0.2) is 16.1 Å². The average molecular weight is 434 g/mol. The molecule has 0 spiro atoms. The van der Waals surface area contributed by atoms with Crippen molar-refractivity contribution in [3.05, 3.63) is 99.5 Å². The summed E-state index contributed by atoms with van der Waals surface area (Å²) in [6.07, 6.45) is 0.633. The fourth-order valence-electron chi connectivity index (χ4n) is 3.52. The van der Waals surface area contributed by atoms with Gasteiger partial charge in [-0.1, -0.05) is 71.5 Å². The Morgan fingerprint density at radius 3 is 2.23 bits per heavy atom. The van der Waals surface area contributed by atoms with E-state index in [1.807, 2.05) is 72.8 Å². The third kappa shape index (κ3) is 3.67. The number of benzene rings is 3. The first-order chi connectivity index (χ1) is 14.7. The van der Waals surface area contributed by atoms with Crippen LogP contribution < -0.4 is 10.1 Å². The second kappa shape index (κ2) is 7.89. The highest BCUT2D eigenvalue weighted by Gasteiger charge is 2.32. The molecule has 0 unspecified atom stereocenters. The van der Waals surface area contributed by atoms with E-state index in [-0.39, 0.29) is 5.91 Å². The van der Waals surface area contributed by atoms with Gasteiger partial charge in [0, 0.05) is 22.6 Å². The van der Waals surface area contributed by atoms with Gasteiger partial charge in [0.15, 0.2) is 0 Å². The zero-order valence-corrected chi connectivity index (χ0v) is 17.3. The lowest BCUT2D eigenvalue weighted by Crippen LogP contribution is -2.25. The van der Waals surface area contributed by atoms with Crippen molar-refractivity contribution in [2.45, 2.75) is 12.3 Å². The van der Waals surface area contributed by atoms with Crippen molar-refractivity contribution in [1.82, 2.24) is 10.2 Å². The summed E-state index contributed by atoms with van der Waals surface area (Å²) in [5.41, 5.74) is 2.75. The van der Waals surface area contributed by atoms with Crippen LogP contribution in [-0.2, 0) is 11.2 Å². The van der Waals surface area contributed by atoms with Gasteiger partial charge in [0.05, 0.1) is 5.92 Å². The molecule has 30 heavy (non-hydrogen) atoms. The predicted octanol–water partition coefficient (Wildman–Crippen LogP) is 5.66.